The van der Waals surface area contributed by atoms with Gasteiger partial charge in [0.15, 0.2) is 0 Å². The van der Waals surface area contributed by atoms with Crippen molar-refractivity contribution < 1.29 is 9.72 Å². The van der Waals surface area contributed by atoms with Crippen LogP contribution in [0.15, 0.2) is 18.6 Å². The van der Waals surface area contributed by atoms with E-state index in [0.29, 0.717) is 17.1 Å². The maximum absolute atomic E-state index is 11.4. The molecule has 0 N–H and O–H groups in total. The Balaban J connectivity index is 2.36. The lowest BCUT2D eigenvalue weighted by Crippen LogP contribution is -2.22. The smallest absolute Gasteiger partial charge is 0.390 e. The number of aryl methyl sites for hydroxylation is 1. The first-order chi connectivity index (χ1) is 9.40. The molecule has 0 atom stereocenters. The van der Waals surface area contributed by atoms with Crippen LogP contribution in [0.2, 0.25) is 0 Å². The normalized spacial score (nSPS) is 10.3. The fourth-order valence-electron chi connectivity index (χ4n) is 1.61. The summed E-state index contributed by atoms with van der Waals surface area (Å²) in [7, 11) is 1.64. The summed E-state index contributed by atoms with van der Waals surface area (Å²) in [5, 5.41) is 14.7. The number of nitro groups is 1. The van der Waals surface area contributed by atoms with E-state index in [1.165, 1.54) is 28.9 Å². The molecule has 0 radical (unpaired) electrons. The van der Waals surface area contributed by atoms with Gasteiger partial charge in [-0.05, 0) is 11.8 Å². The van der Waals surface area contributed by atoms with E-state index >= 15 is 0 Å². The van der Waals surface area contributed by atoms with Crippen LogP contribution in [0, 0.1) is 17.0 Å². The third kappa shape index (κ3) is 2.46. The average Bonchev–Trinajstić information content (AvgIpc) is 2.80. The molecule has 0 saturated carbocycles. The number of hydrogen-bond acceptors (Lipinski definition) is 6. The van der Waals surface area contributed by atoms with Gasteiger partial charge in [-0.2, -0.15) is 5.10 Å². The fourth-order valence-corrected chi connectivity index (χ4v) is 1.61. The number of amides is 1. The summed E-state index contributed by atoms with van der Waals surface area (Å²) in [5.41, 5.74) is 1.78. The molecule has 2 aromatic rings. The van der Waals surface area contributed by atoms with Gasteiger partial charge >= 0.3 is 5.95 Å². The van der Waals surface area contributed by atoms with Crippen molar-refractivity contribution in [3.8, 4) is 5.69 Å². The van der Waals surface area contributed by atoms with Crippen molar-refractivity contribution in [3.63, 3.8) is 0 Å². The van der Waals surface area contributed by atoms with Gasteiger partial charge in [0, 0.05) is 14.0 Å². The van der Waals surface area contributed by atoms with Gasteiger partial charge in [0.25, 0.3) is 0 Å². The van der Waals surface area contributed by atoms with Gasteiger partial charge in [0.1, 0.15) is 18.1 Å². The van der Waals surface area contributed by atoms with Crippen LogP contribution >= 0.6 is 0 Å². The van der Waals surface area contributed by atoms with Crippen molar-refractivity contribution in [3.05, 3.63) is 34.4 Å². The Bertz CT molecular complexity index is 663. The Labute approximate surface area is 114 Å². The second kappa shape index (κ2) is 5.03. The topological polar surface area (TPSA) is 107 Å². The molecule has 0 unspecified atom stereocenters. The van der Waals surface area contributed by atoms with Gasteiger partial charge in [0.05, 0.1) is 17.6 Å². The number of carbonyl (C=O) groups excluding carboxylic acids is 1. The van der Waals surface area contributed by atoms with E-state index in [0.717, 1.165) is 0 Å². The minimum atomic E-state index is -0.674. The van der Waals surface area contributed by atoms with Crippen LogP contribution in [-0.2, 0) is 4.79 Å². The Kier molecular flexibility index (Phi) is 3.42. The van der Waals surface area contributed by atoms with Gasteiger partial charge < -0.3 is 15.0 Å². The maximum Gasteiger partial charge on any atom is 0.468 e. The predicted octanol–water partition coefficient (Wildman–Crippen LogP) is 0.862. The highest BCUT2D eigenvalue weighted by Crippen LogP contribution is 2.19. The molecule has 104 valence electrons. The van der Waals surface area contributed by atoms with Crippen molar-refractivity contribution in [2.24, 2.45) is 0 Å². The van der Waals surface area contributed by atoms with Crippen molar-refractivity contribution in [2.45, 2.75) is 13.8 Å². The molecule has 0 fully saturated rings. The quantitative estimate of drug-likeness (QED) is 0.607. The Morgan fingerprint density at radius 3 is 2.50 bits per heavy atom. The fraction of sp³-hybridized carbons (Fsp3) is 0.273. The first-order valence-corrected chi connectivity index (χ1v) is 5.67. The molecule has 9 nitrogen and oxygen atoms in total. The van der Waals surface area contributed by atoms with Crippen molar-refractivity contribution in [2.75, 3.05) is 11.9 Å². The van der Waals surface area contributed by atoms with E-state index in [9.17, 15) is 14.9 Å². The van der Waals surface area contributed by atoms with Crippen LogP contribution in [0.25, 0.3) is 5.69 Å². The minimum absolute atomic E-state index is 0.118. The van der Waals surface area contributed by atoms with E-state index in [1.807, 2.05) is 0 Å². The van der Waals surface area contributed by atoms with E-state index in [4.69, 9.17) is 0 Å². The van der Waals surface area contributed by atoms with Gasteiger partial charge in [-0.15, -0.1) is 0 Å². The third-order valence-corrected chi connectivity index (χ3v) is 2.76. The Morgan fingerprint density at radius 2 is 2.00 bits per heavy atom. The Morgan fingerprint density at radius 1 is 1.40 bits per heavy atom. The highest BCUT2D eigenvalue weighted by atomic mass is 16.6. The monoisotopic (exact) mass is 276 g/mol. The number of nitrogens with zero attached hydrogens (tertiary/aromatic N) is 6. The van der Waals surface area contributed by atoms with Crippen LogP contribution < -0.4 is 4.90 Å². The standard InChI is InChI=1S/C11H12N6O3/c1-7-10(15(3)8(2)18)6-16(14-7)9-4-12-11(13-5-9)17(19)20/h4-6H,1-3H3. The molecule has 20 heavy (non-hydrogen) atoms. The third-order valence-electron chi connectivity index (χ3n) is 2.76. The van der Waals surface area contributed by atoms with Crippen LogP contribution in [-0.4, -0.2) is 37.6 Å². The molecular weight excluding hydrogens is 264 g/mol. The minimum Gasteiger partial charge on any atom is -0.390 e. The van der Waals surface area contributed by atoms with E-state index in [1.54, 1.807) is 20.2 Å². The highest BCUT2D eigenvalue weighted by Gasteiger charge is 2.15. The van der Waals surface area contributed by atoms with Crippen molar-refractivity contribution in [1.82, 2.24) is 19.7 Å². The molecule has 2 rings (SSSR count). The van der Waals surface area contributed by atoms with E-state index in [-0.39, 0.29) is 5.91 Å². The van der Waals surface area contributed by atoms with Crippen LogP contribution in [0.1, 0.15) is 12.6 Å². The first-order valence-electron chi connectivity index (χ1n) is 5.67. The zero-order chi connectivity index (χ0) is 14.9. The van der Waals surface area contributed by atoms with Gasteiger partial charge in [-0.3, -0.25) is 4.79 Å². The predicted molar refractivity (Wildman–Crippen MR) is 69.6 cm³/mol. The molecule has 2 heterocycles. The number of aromatic nitrogens is 4. The van der Waals surface area contributed by atoms with Crippen LogP contribution in [0.4, 0.5) is 11.6 Å². The van der Waals surface area contributed by atoms with Crippen LogP contribution in [0.3, 0.4) is 0 Å². The number of carbonyl (C=O) groups is 1. The largest absolute Gasteiger partial charge is 0.468 e. The van der Waals surface area contributed by atoms with Gasteiger partial charge in [0.2, 0.25) is 5.91 Å². The molecule has 0 spiro atoms. The summed E-state index contributed by atoms with van der Waals surface area (Å²) in [6.45, 7) is 3.21. The molecule has 2 aromatic heterocycles. The van der Waals surface area contributed by atoms with E-state index in [2.05, 4.69) is 15.1 Å². The molecule has 0 aromatic carbocycles. The van der Waals surface area contributed by atoms with Crippen molar-refractivity contribution in [1.29, 1.82) is 0 Å². The average molecular weight is 276 g/mol. The number of anilines is 1. The molecule has 0 saturated heterocycles. The van der Waals surface area contributed by atoms with Gasteiger partial charge in [-0.25, -0.2) is 4.68 Å². The SMILES string of the molecule is CC(=O)N(C)c1cn(-c2cnc([N+](=O)[O-])nc2)nc1C. The lowest BCUT2D eigenvalue weighted by atomic mass is 10.3. The summed E-state index contributed by atoms with van der Waals surface area (Å²) >= 11 is 0. The van der Waals surface area contributed by atoms with Gasteiger partial charge in [-0.1, -0.05) is 9.97 Å². The maximum atomic E-state index is 11.4. The summed E-state index contributed by atoms with van der Waals surface area (Å²) < 4.78 is 1.47. The van der Waals surface area contributed by atoms with Crippen molar-refractivity contribution >= 4 is 17.5 Å². The lowest BCUT2D eigenvalue weighted by Gasteiger charge is -2.12. The zero-order valence-corrected chi connectivity index (χ0v) is 11.1. The second-order valence-electron chi connectivity index (χ2n) is 4.12. The molecule has 0 aliphatic rings. The number of rotatable bonds is 3. The Hall–Kier alpha value is -2.84. The summed E-state index contributed by atoms with van der Waals surface area (Å²) in [4.78, 5) is 29.9. The molecular formula is C11H12N6O3. The second-order valence-corrected chi connectivity index (χ2v) is 4.12. The lowest BCUT2D eigenvalue weighted by molar-refractivity contribution is -0.394. The highest BCUT2D eigenvalue weighted by molar-refractivity contribution is 5.91. The summed E-state index contributed by atoms with van der Waals surface area (Å²) in [6, 6.07) is 0. The van der Waals surface area contributed by atoms with E-state index < -0.39 is 10.9 Å². The molecule has 9 heteroatoms. The first kappa shape index (κ1) is 13.6. The van der Waals surface area contributed by atoms with Crippen LogP contribution in [0.5, 0.6) is 0 Å². The molecule has 1 amide bonds. The zero-order valence-electron chi connectivity index (χ0n) is 11.1. The molecule has 0 aliphatic heterocycles. The number of hydrogen-bond donors (Lipinski definition) is 0. The summed E-state index contributed by atoms with van der Waals surface area (Å²) in [6.07, 6.45) is 4.24. The molecule has 0 aliphatic carbocycles. The molecule has 0 bridgehead atoms. The summed E-state index contributed by atoms with van der Waals surface area (Å²) in [5.74, 6) is -0.591.